The third kappa shape index (κ3) is 2.15. The van der Waals surface area contributed by atoms with Gasteiger partial charge in [0.25, 0.3) is 5.91 Å². The summed E-state index contributed by atoms with van der Waals surface area (Å²) in [5, 5.41) is 8.67. The third-order valence-corrected chi connectivity index (χ3v) is 2.29. The van der Waals surface area contributed by atoms with Crippen molar-refractivity contribution in [3.63, 3.8) is 0 Å². The molecule has 0 atom stereocenters. The van der Waals surface area contributed by atoms with Gasteiger partial charge in [-0.1, -0.05) is 6.07 Å². The van der Waals surface area contributed by atoms with Crippen LogP contribution in [0.4, 0.5) is 4.39 Å². The Hall–Kier alpha value is -2.24. The van der Waals surface area contributed by atoms with E-state index in [1.54, 1.807) is 19.1 Å². The van der Waals surface area contributed by atoms with Gasteiger partial charge in [-0.3, -0.25) is 9.89 Å². The summed E-state index contributed by atoms with van der Waals surface area (Å²) in [7, 11) is 1.48. The average molecular weight is 234 g/mol. The molecule has 2 aromatic rings. The number of rotatable bonds is 2. The van der Waals surface area contributed by atoms with Crippen molar-refractivity contribution in [3.8, 4) is 11.4 Å². The fraction of sp³-hybridized carbons (Fsp3) is 0.182. The van der Waals surface area contributed by atoms with Crippen molar-refractivity contribution in [1.82, 2.24) is 20.5 Å². The number of nitrogens with one attached hydrogen (secondary N) is 2. The normalized spacial score (nSPS) is 10.3. The van der Waals surface area contributed by atoms with Gasteiger partial charge in [0.2, 0.25) is 5.82 Å². The maximum Gasteiger partial charge on any atom is 0.288 e. The zero-order valence-electron chi connectivity index (χ0n) is 9.41. The number of aryl methyl sites for hydroxylation is 1. The Bertz CT molecular complexity index is 564. The van der Waals surface area contributed by atoms with Crippen LogP contribution in [0.25, 0.3) is 11.4 Å². The van der Waals surface area contributed by atoms with E-state index in [-0.39, 0.29) is 17.2 Å². The molecule has 0 fully saturated rings. The van der Waals surface area contributed by atoms with E-state index in [1.807, 2.05) is 0 Å². The number of H-pyrrole nitrogens is 1. The lowest BCUT2D eigenvalue weighted by Gasteiger charge is -1.98. The molecule has 0 aliphatic heterocycles. The SMILES string of the molecule is CNC(=O)c1nc(-c2ccc(C)cc2F)n[nH]1. The summed E-state index contributed by atoms with van der Waals surface area (Å²) in [4.78, 5) is 15.2. The lowest BCUT2D eigenvalue weighted by atomic mass is 10.1. The van der Waals surface area contributed by atoms with Crippen molar-refractivity contribution in [3.05, 3.63) is 35.4 Å². The Kier molecular flexibility index (Phi) is 2.86. The molecule has 0 spiro atoms. The number of nitrogens with zero attached hydrogens (tertiary/aromatic N) is 2. The van der Waals surface area contributed by atoms with Gasteiger partial charge in [0.1, 0.15) is 5.82 Å². The van der Waals surface area contributed by atoms with Crippen molar-refractivity contribution < 1.29 is 9.18 Å². The van der Waals surface area contributed by atoms with Gasteiger partial charge in [-0.25, -0.2) is 9.37 Å². The topological polar surface area (TPSA) is 70.7 Å². The Morgan fingerprint density at radius 2 is 2.24 bits per heavy atom. The van der Waals surface area contributed by atoms with Crippen LogP contribution in [0.1, 0.15) is 16.2 Å². The van der Waals surface area contributed by atoms with Gasteiger partial charge in [-0.05, 0) is 24.6 Å². The monoisotopic (exact) mass is 234 g/mol. The molecular weight excluding hydrogens is 223 g/mol. The van der Waals surface area contributed by atoms with Crippen molar-refractivity contribution in [2.45, 2.75) is 6.92 Å². The first-order valence-corrected chi connectivity index (χ1v) is 5.03. The first-order chi connectivity index (χ1) is 8.11. The molecule has 6 heteroatoms. The van der Waals surface area contributed by atoms with Crippen molar-refractivity contribution in [1.29, 1.82) is 0 Å². The summed E-state index contributed by atoms with van der Waals surface area (Å²) in [6.07, 6.45) is 0. The predicted octanol–water partition coefficient (Wildman–Crippen LogP) is 1.28. The lowest BCUT2D eigenvalue weighted by Crippen LogP contribution is -2.19. The summed E-state index contributed by atoms with van der Waals surface area (Å²) in [6.45, 7) is 1.79. The van der Waals surface area contributed by atoms with Crippen LogP contribution in [0.2, 0.25) is 0 Å². The third-order valence-electron chi connectivity index (χ3n) is 2.29. The van der Waals surface area contributed by atoms with E-state index in [4.69, 9.17) is 0 Å². The van der Waals surface area contributed by atoms with Crippen molar-refractivity contribution in [2.75, 3.05) is 7.05 Å². The zero-order valence-corrected chi connectivity index (χ0v) is 9.41. The highest BCUT2D eigenvalue weighted by Gasteiger charge is 2.14. The largest absolute Gasteiger partial charge is 0.352 e. The van der Waals surface area contributed by atoms with E-state index in [1.165, 1.54) is 13.1 Å². The Balaban J connectivity index is 2.40. The number of hydrogen-bond acceptors (Lipinski definition) is 3. The van der Waals surface area contributed by atoms with Crippen LogP contribution in [0.15, 0.2) is 18.2 Å². The van der Waals surface area contributed by atoms with E-state index in [0.717, 1.165) is 5.56 Å². The molecule has 0 bridgehead atoms. The Labute approximate surface area is 97.1 Å². The van der Waals surface area contributed by atoms with Crippen LogP contribution in [0.3, 0.4) is 0 Å². The standard InChI is InChI=1S/C11H11FN4O/c1-6-3-4-7(8(12)5-6)9-14-10(16-15-9)11(17)13-2/h3-5H,1-2H3,(H,13,17)(H,14,15,16). The molecule has 88 valence electrons. The minimum atomic E-state index is -0.410. The molecule has 2 rings (SSSR count). The number of amides is 1. The lowest BCUT2D eigenvalue weighted by molar-refractivity contribution is 0.0953. The second-order valence-corrected chi connectivity index (χ2v) is 3.57. The number of benzene rings is 1. The number of aromatic amines is 1. The molecule has 0 unspecified atom stereocenters. The molecule has 0 saturated heterocycles. The van der Waals surface area contributed by atoms with E-state index in [2.05, 4.69) is 20.5 Å². The van der Waals surface area contributed by atoms with Gasteiger partial charge in [-0.15, -0.1) is 0 Å². The van der Waals surface area contributed by atoms with Gasteiger partial charge < -0.3 is 5.32 Å². The van der Waals surface area contributed by atoms with E-state index in [9.17, 15) is 9.18 Å². The summed E-state index contributed by atoms with van der Waals surface area (Å²) in [5.74, 6) is -0.577. The summed E-state index contributed by atoms with van der Waals surface area (Å²) in [5.41, 5.74) is 1.08. The fourth-order valence-corrected chi connectivity index (χ4v) is 1.40. The van der Waals surface area contributed by atoms with Crippen LogP contribution >= 0.6 is 0 Å². The number of hydrogen-bond donors (Lipinski definition) is 2. The van der Waals surface area contributed by atoms with Crippen LogP contribution in [0, 0.1) is 12.7 Å². The number of carbonyl (C=O) groups is 1. The molecule has 0 aliphatic carbocycles. The van der Waals surface area contributed by atoms with Gasteiger partial charge in [-0.2, -0.15) is 5.10 Å². The molecular formula is C11H11FN4O. The number of aromatic nitrogens is 3. The van der Waals surface area contributed by atoms with E-state index >= 15 is 0 Å². The maximum atomic E-state index is 13.6. The second-order valence-electron chi connectivity index (χ2n) is 3.57. The summed E-state index contributed by atoms with van der Waals surface area (Å²) >= 11 is 0. The first-order valence-electron chi connectivity index (χ1n) is 5.03. The highest BCUT2D eigenvalue weighted by molar-refractivity contribution is 5.90. The van der Waals surface area contributed by atoms with Crippen LogP contribution in [-0.2, 0) is 0 Å². The van der Waals surface area contributed by atoms with Crippen molar-refractivity contribution >= 4 is 5.91 Å². The van der Waals surface area contributed by atoms with Crippen molar-refractivity contribution in [2.24, 2.45) is 0 Å². The first kappa shape index (κ1) is 11.3. The molecule has 17 heavy (non-hydrogen) atoms. The Morgan fingerprint density at radius 3 is 2.88 bits per heavy atom. The quantitative estimate of drug-likeness (QED) is 0.822. The van der Waals surface area contributed by atoms with Crippen LogP contribution in [-0.4, -0.2) is 28.1 Å². The second kappa shape index (κ2) is 4.32. The Morgan fingerprint density at radius 1 is 1.47 bits per heavy atom. The molecule has 1 amide bonds. The van der Waals surface area contributed by atoms with Gasteiger partial charge in [0.15, 0.2) is 5.82 Å². The average Bonchev–Trinajstić information content (AvgIpc) is 2.77. The molecule has 0 radical (unpaired) electrons. The number of carbonyl (C=O) groups excluding carboxylic acids is 1. The smallest absolute Gasteiger partial charge is 0.288 e. The number of halogens is 1. The molecule has 1 aromatic carbocycles. The molecule has 0 saturated carbocycles. The molecule has 0 aliphatic rings. The van der Waals surface area contributed by atoms with Gasteiger partial charge in [0, 0.05) is 7.05 Å². The minimum absolute atomic E-state index is 0.0578. The van der Waals surface area contributed by atoms with E-state index in [0.29, 0.717) is 0 Å². The summed E-state index contributed by atoms with van der Waals surface area (Å²) < 4.78 is 13.6. The summed E-state index contributed by atoms with van der Waals surface area (Å²) in [6, 6.07) is 4.74. The van der Waals surface area contributed by atoms with Gasteiger partial charge in [0.05, 0.1) is 5.56 Å². The minimum Gasteiger partial charge on any atom is -0.352 e. The fourth-order valence-electron chi connectivity index (χ4n) is 1.40. The molecule has 5 nitrogen and oxygen atoms in total. The van der Waals surface area contributed by atoms with Crippen LogP contribution < -0.4 is 5.32 Å². The predicted molar refractivity (Wildman–Crippen MR) is 59.9 cm³/mol. The van der Waals surface area contributed by atoms with E-state index < -0.39 is 11.7 Å². The van der Waals surface area contributed by atoms with Gasteiger partial charge >= 0.3 is 0 Å². The highest BCUT2D eigenvalue weighted by Crippen LogP contribution is 2.19. The maximum absolute atomic E-state index is 13.6. The molecule has 2 N–H and O–H groups in total. The highest BCUT2D eigenvalue weighted by atomic mass is 19.1. The molecule has 1 heterocycles. The zero-order chi connectivity index (χ0) is 12.4. The van der Waals surface area contributed by atoms with Crippen LogP contribution in [0.5, 0.6) is 0 Å². The molecule has 1 aromatic heterocycles.